The van der Waals surface area contributed by atoms with Crippen molar-refractivity contribution >= 4 is 23.1 Å². The van der Waals surface area contributed by atoms with Crippen LogP contribution in [0.5, 0.6) is 0 Å². The van der Waals surface area contributed by atoms with Gasteiger partial charge in [-0.3, -0.25) is 0 Å². The third kappa shape index (κ3) is 2.27. The average molecular weight is 268 g/mol. The molecule has 1 heterocycles. The van der Waals surface area contributed by atoms with Crippen LogP contribution in [0.1, 0.15) is 5.56 Å². The third-order valence-corrected chi connectivity index (χ3v) is 2.89. The van der Waals surface area contributed by atoms with Crippen LogP contribution in [0, 0.1) is 5.82 Å². The number of para-hydroxylation sites is 1. The molecule has 1 aromatic heterocycles. The number of aliphatic hydroxyl groups is 1. The van der Waals surface area contributed by atoms with E-state index >= 15 is 0 Å². The topological polar surface area (TPSA) is 49.2 Å². The zero-order chi connectivity index (χ0) is 13.1. The van der Waals surface area contributed by atoms with Crippen molar-refractivity contribution in [2.75, 3.05) is 11.9 Å². The van der Waals surface area contributed by atoms with E-state index in [-0.39, 0.29) is 17.6 Å². The Kier molecular flexibility index (Phi) is 3.74. The molecule has 0 fully saturated rings. The Balaban J connectivity index is 2.50. The third-order valence-electron chi connectivity index (χ3n) is 2.56. The van der Waals surface area contributed by atoms with Gasteiger partial charge in [0.2, 0.25) is 0 Å². The summed E-state index contributed by atoms with van der Waals surface area (Å²) < 4.78 is 13.7. The molecule has 0 amide bonds. The minimum absolute atomic E-state index is 0.158. The molecule has 18 heavy (non-hydrogen) atoms. The second-order valence-electron chi connectivity index (χ2n) is 3.64. The van der Waals surface area contributed by atoms with Crippen LogP contribution in [0.15, 0.2) is 30.6 Å². The van der Waals surface area contributed by atoms with Gasteiger partial charge in [-0.25, -0.2) is 14.4 Å². The van der Waals surface area contributed by atoms with E-state index < -0.39 is 0 Å². The summed E-state index contributed by atoms with van der Waals surface area (Å²) >= 11 is 5.87. The van der Waals surface area contributed by atoms with Crippen LogP contribution in [0.2, 0.25) is 5.15 Å². The van der Waals surface area contributed by atoms with E-state index in [1.54, 1.807) is 25.2 Å². The molecule has 1 N–H and O–H groups in total. The standard InChI is InChI=1S/C12H11ClFN3O/c1-17(10-5-3-2-4-9(10)14)12-8(6-18)11(13)15-7-16-12/h2-5,7,18H,6H2,1H3. The first-order valence-electron chi connectivity index (χ1n) is 5.23. The predicted molar refractivity (Wildman–Crippen MR) is 67.4 cm³/mol. The molecule has 0 unspecified atom stereocenters. The Bertz CT molecular complexity index is 565. The molecule has 0 aliphatic heterocycles. The van der Waals surface area contributed by atoms with Gasteiger partial charge in [0.1, 0.15) is 23.1 Å². The quantitative estimate of drug-likeness (QED) is 0.868. The largest absolute Gasteiger partial charge is 0.391 e. The van der Waals surface area contributed by atoms with Gasteiger partial charge < -0.3 is 10.0 Å². The first-order valence-corrected chi connectivity index (χ1v) is 5.61. The molecule has 0 spiro atoms. The Labute approximate surface area is 109 Å². The molecule has 0 atom stereocenters. The number of nitrogens with zero attached hydrogens (tertiary/aromatic N) is 3. The highest BCUT2D eigenvalue weighted by molar-refractivity contribution is 6.30. The molecule has 0 aliphatic rings. The van der Waals surface area contributed by atoms with Crippen molar-refractivity contribution < 1.29 is 9.50 Å². The Morgan fingerprint density at radius 3 is 2.72 bits per heavy atom. The molecular weight excluding hydrogens is 257 g/mol. The number of hydrogen-bond donors (Lipinski definition) is 1. The first kappa shape index (κ1) is 12.7. The molecule has 0 aliphatic carbocycles. The van der Waals surface area contributed by atoms with Gasteiger partial charge >= 0.3 is 0 Å². The summed E-state index contributed by atoms with van der Waals surface area (Å²) in [5.74, 6) is 0.00113. The van der Waals surface area contributed by atoms with Gasteiger partial charge in [0.25, 0.3) is 0 Å². The maximum atomic E-state index is 13.7. The number of benzene rings is 1. The van der Waals surface area contributed by atoms with E-state index in [4.69, 9.17) is 11.6 Å². The van der Waals surface area contributed by atoms with E-state index in [9.17, 15) is 9.50 Å². The molecule has 0 bridgehead atoms. The van der Waals surface area contributed by atoms with Gasteiger partial charge in [-0.05, 0) is 12.1 Å². The van der Waals surface area contributed by atoms with E-state index in [0.717, 1.165) is 0 Å². The van der Waals surface area contributed by atoms with Gasteiger partial charge in [0.05, 0.1) is 17.9 Å². The van der Waals surface area contributed by atoms with E-state index in [1.807, 2.05) is 0 Å². The zero-order valence-corrected chi connectivity index (χ0v) is 10.4. The van der Waals surface area contributed by atoms with Gasteiger partial charge in [-0.2, -0.15) is 0 Å². The van der Waals surface area contributed by atoms with Gasteiger partial charge in [-0.1, -0.05) is 23.7 Å². The molecule has 0 saturated heterocycles. The van der Waals surface area contributed by atoms with Crippen molar-refractivity contribution in [1.82, 2.24) is 9.97 Å². The monoisotopic (exact) mass is 267 g/mol. The highest BCUT2D eigenvalue weighted by atomic mass is 35.5. The zero-order valence-electron chi connectivity index (χ0n) is 9.64. The molecule has 2 rings (SSSR count). The number of hydrogen-bond acceptors (Lipinski definition) is 4. The molecular formula is C12H11ClFN3O. The number of rotatable bonds is 3. The van der Waals surface area contributed by atoms with Crippen molar-refractivity contribution in [2.24, 2.45) is 0 Å². The number of aliphatic hydroxyl groups excluding tert-OH is 1. The maximum Gasteiger partial charge on any atom is 0.146 e. The molecule has 4 nitrogen and oxygen atoms in total. The van der Waals surface area contributed by atoms with E-state index in [2.05, 4.69) is 9.97 Å². The normalized spacial score (nSPS) is 10.4. The highest BCUT2D eigenvalue weighted by Gasteiger charge is 2.16. The van der Waals surface area contributed by atoms with Gasteiger partial charge in [-0.15, -0.1) is 0 Å². The smallest absolute Gasteiger partial charge is 0.146 e. The summed E-state index contributed by atoms with van der Waals surface area (Å²) in [6.45, 7) is -0.312. The number of halogens is 2. The fraction of sp³-hybridized carbons (Fsp3) is 0.167. The molecule has 0 saturated carbocycles. The van der Waals surface area contributed by atoms with Crippen molar-refractivity contribution in [3.05, 3.63) is 47.1 Å². The summed E-state index contributed by atoms with van der Waals surface area (Å²) in [6, 6.07) is 6.29. The van der Waals surface area contributed by atoms with Crippen LogP contribution >= 0.6 is 11.6 Å². The van der Waals surface area contributed by atoms with Crippen molar-refractivity contribution in [3.63, 3.8) is 0 Å². The van der Waals surface area contributed by atoms with Crippen LogP contribution in [0.4, 0.5) is 15.9 Å². The average Bonchev–Trinajstić information content (AvgIpc) is 2.38. The van der Waals surface area contributed by atoms with E-state index in [0.29, 0.717) is 17.1 Å². The van der Waals surface area contributed by atoms with Gasteiger partial charge in [0, 0.05) is 7.05 Å². The summed E-state index contributed by atoms with van der Waals surface area (Å²) in [7, 11) is 1.65. The minimum atomic E-state index is -0.376. The molecule has 94 valence electrons. The molecule has 1 aromatic carbocycles. The van der Waals surface area contributed by atoms with Crippen LogP contribution in [-0.4, -0.2) is 22.1 Å². The Morgan fingerprint density at radius 2 is 2.06 bits per heavy atom. The van der Waals surface area contributed by atoms with Crippen LogP contribution in [0.25, 0.3) is 0 Å². The predicted octanol–water partition coefficient (Wildman–Crippen LogP) is 2.53. The number of aromatic nitrogens is 2. The summed E-state index contributed by atoms with van der Waals surface area (Å²) in [5, 5.41) is 9.44. The molecule has 6 heteroatoms. The van der Waals surface area contributed by atoms with Crippen LogP contribution < -0.4 is 4.90 Å². The second-order valence-corrected chi connectivity index (χ2v) is 3.99. The minimum Gasteiger partial charge on any atom is -0.391 e. The second kappa shape index (κ2) is 5.29. The Hall–Kier alpha value is -1.72. The van der Waals surface area contributed by atoms with Crippen LogP contribution in [-0.2, 0) is 6.61 Å². The Morgan fingerprint density at radius 1 is 1.33 bits per heavy atom. The van der Waals surface area contributed by atoms with Crippen molar-refractivity contribution in [2.45, 2.75) is 6.61 Å². The first-order chi connectivity index (χ1) is 8.65. The van der Waals surface area contributed by atoms with Crippen LogP contribution in [0.3, 0.4) is 0 Å². The lowest BCUT2D eigenvalue weighted by atomic mass is 10.2. The lowest BCUT2D eigenvalue weighted by Gasteiger charge is -2.21. The highest BCUT2D eigenvalue weighted by Crippen LogP contribution is 2.29. The lowest BCUT2D eigenvalue weighted by Crippen LogP contribution is -2.15. The maximum absolute atomic E-state index is 13.7. The summed E-state index contributed by atoms with van der Waals surface area (Å²) in [5.41, 5.74) is 0.715. The van der Waals surface area contributed by atoms with E-state index in [1.165, 1.54) is 17.3 Å². The SMILES string of the molecule is CN(c1ccccc1F)c1ncnc(Cl)c1CO. The number of anilines is 2. The van der Waals surface area contributed by atoms with Gasteiger partial charge in [0.15, 0.2) is 0 Å². The van der Waals surface area contributed by atoms with Crippen molar-refractivity contribution in [1.29, 1.82) is 0 Å². The molecule has 2 aromatic rings. The summed E-state index contributed by atoms with van der Waals surface area (Å²) in [6.07, 6.45) is 1.27. The van der Waals surface area contributed by atoms with Crippen molar-refractivity contribution in [3.8, 4) is 0 Å². The fourth-order valence-corrected chi connectivity index (χ4v) is 1.83. The summed E-state index contributed by atoms with van der Waals surface area (Å²) in [4.78, 5) is 9.34. The fourth-order valence-electron chi connectivity index (χ4n) is 1.65. The lowest BCUT2D eigenvalue weighted by molar-refractivity contribution is 0.281. The molecule has 0 radical (unpaired) electrons.